The molecule has 0 aliphatic carbocycles. The minimum Gasteiger partial charge on any atom is -0.496 e. The van der Waals surface area contributed by atoms with Crippen LogP contribution in [0.4, 0.5) is 5.69 Å². The molecule has 0 radical (unpaired) electrons. The van der Waals surface area contributed by atoms with Gasteiger partial charge in [-0.2, -0.15) is 0 Å². The van der Waals surface area contributed by atoms with E-state index >= 15 is 0 Å². The van der Waals surface area contributed by atoms with E-state index in [-0.39, 0.29) is 29.8 Å². The molecule has 0 spiro atoms. The number of halogens is 2. The second-order valence-electron chi connectivity index (χ2n) is 11.2. The molecule has 0 fully saturated rings. The molecule has 242 valence electrons. The maximum atomic E-state index is 14.5. The van der Waals surface area contributed by atoms with Crippen LogP contribution >= 0.6 is 27.5 Å². The van der Waals surface area contributed by atoms with Gasteiger partial charge in [0, 0.05) is 24.0 Å². The Morgan fingerprint density at radius 1 is 0.913 bits per heavy atom. The lowest BCUT2D eigenvalue weighted by Gasteiger charge is -2.34. The molecule has 11 heteroatoms. The van der Waals surface area contributed by atoms with Gasteiger partial charge in [0.25, 0.3) is 10.0 Å². The first-order chi connectivity index (χ1) is 21.9. The maximum absolute atomic E-state index is 14.5. The molecule has 0 saturated carbocycles. The van der Waals surface area contributed by atoms with Gasteiger partial charge in [0.15, 0.2) is 0 Å². The van der Waals surface area contributed by atoms with Crippen molar-refractivity contribution in [1.29, 1.82) is 0 Å². The number of aryl methyl sites for hydroxylation is 1. The first-order valence-corrected chi connectivity index (χ1v) is 17.3. The van der Waals surface area contributed by atoms with E-state index in [1.165, 1.54) is 24.1 Å². The number of carbonyl (C=O) groups is 2. The molecular formula is C35H37BrClN3O5S. The van der Waals surface area contributed by atoms with Crippen molar-refractivity contribution in [2.24, 2.45) is 0 Å². The number of sulfonamides is 1. The second-order valence-corrected chi connectivity index (χ2v) is 14.3. The maximum Gasteiger partial charge on any atom is 0.264 e. The smallest absolute Gasteiger partial charge is 0.264 e. The van der Waals surface area contributed by atoms with Crippen molar-refractivity contribution in [3.63, 3.8) is 0 Å². The standard InChI is InChI=1S/C35H37BrClN3O5S/c1-24(2)38-35(42)32(20-26-9-6-5-7-10-26)39(22-27-11-8-12-28(37)19-27)34(41)23-40(29-15-13-25(3)14-16-29)46(43,44)30-17-18-33(45-4)31(36)21-30/h5-19,21,24,32H,20,22-23H2,1-4H3,(H,38,42). The van der Waals surface area contributed by atoms with Gasteiger partial charge in [0.05, 0.1) is 22.2 Å². The molecule has 4 aromatic carbocycles. The Labute approximate surface area is 284 Å². The Kier molecular flexibility index (Phi) is 11.9. The Bertz CT molecular complexity index is 1770. The summed E-state index contributed by atoms with van der Waals surface area (Å²) < 4.78 is 35.4. The van der Waals surface area contributed by atoms with Crippen LogP contribution in [0.5, 0.6) is 5.75 Å². The average molecular weight is 727 g/mol. The molecule has 2 amide bonds. The van der Waals surface area contributed by atoms with E-state index in [2.05, 4.69) is 21.2 Å². The summed E-state index contributed by atoms with van der Waals surface area (Å²) in [4.78, 5) is 29.7. The van der Waals surface area contributed by atoms with Crippen molar-refractivity contribution in [2.45, 2.75) is 50.7 Å². The average Bonchev–Trinajstić information content (AvgIpc) is 3.02. The minimum atomic E-state index is -4.27. The molecular weight excluding hydrogens is 690 g/mol. The van der Waals surface area contributed by atoms with Crippen LogP contribution in [0, 0.1) is 6.92 Å². The van der Waals surface area contributed by atoms with Crippen molar-refractivity contribution < 1.29 is 22.7 Å². The van der Waals surface area contributed by atoms with Crippen LogP contribution in [0.2, 0.25) is 5.02 Å². The first kappa shape index (κ1) is 35.0. The summed E-state index contributed by atoms with van der Waals surface area (Å²) in [6.07, 6.45) is 0.217. The van der Waals surface area contributed by atoms with E-state index in [1.807, 2.05) is 57.2 Å². The fourth-order valence-electron chi connectivity index (χ4n) is 4.94. The topological polar surface area (TPSA) is 96.0 Å². The number of benzene rings is 4. The van der Waals surface area contributed by atoms with E-state index in [1.54, 1.807) is 48.5 Å². The van der Waals surface area contributed by atoms with Crippen molar-refractivity contribution in [3.8, 4) is 5.75 Å². The number of ether oxygens (including phenoxy) is 1. The van der Waals surface area contributed by atoms with E-state index in [0.29, 0.717) is 26.5 Å². The first-order valence-electron chi connectivity index (χ1n) is 14.7. The van der Waals surface area contributed by atoms with Crippen molar-refractivity contribution in [1.82, 2.24) is 10.2 Å². The summed E-state index contributed by atoms with van der Waals surface area (Å²) in [5, 5.41) is 3.43. The lowest BCUT2D eigenvalue weighted by molar-refractivity contribution is -0.140. The van der Waals surface area contributed by atoms with Crippen molar-refractivity contribution in [3.05, 3.63) is 123 Å². The van der Waals surface area contributed by atoms with Crippen molar-refractivity contribution >= 4 is 55.1 Å². The minimum absolute atomic E-state index is 0.0261. The Balaban J connectivity index is 1.82. The summed E-state index contributed by atoms with van der Waals surface area (Å²) in [7, 11) is -2.78. The normalized spacial score (nSPS) is 12.0. The molecule has 4 rings (SSSR count). The quantitative estimate of drug-likeness (QED) is 0.164. The van der Waals surface area contributed by atoms with Crippen LogP contribution in [0.3, 0.4) is 0 Å². The third kappa shape index (κ3) is 8.90. The zero-order chi connectivity index (χ0) is 33.4. The van der Waals surface area contributed by atoms with Gasteiger partial charge in [-0.3, -0.25) is 13.9 Å². The number of carbonyl (C=O) groups excluding carboxylic acids is 2. The summed E-state index contributed by atoms with van der Waals surface area (Å²) in [6, 6.07) is 26.6. The second kappa shape index (κ2) is 15.6. The molecule has 0 aliphatic rings. The Hall–Kier alpha value is -3.86. The SMILES string of the molecule is COc1ccc(S(=O)(=O)N(CC(=O)N(Cc2cccc(Cl)c2)C(Cc2ccccc2)C(=O)NC(C)C)c2ccc(C)cc2)cc1Br. The molecule has 0 heterocycles. The van der Waals surface area contributed by atoms with Gasteiger partial charge in [-0.1, -0.05) is 71.8 Å². The summed E-state index contributed by atoms with van der Waals surface area (Å²) in [6.45, 7) is 5.05. The number of hydrogen-bond donors (Lipinski definition) is 1. The summed E-state index contributed by atoms with van der Waals surface area (Å²) >= 11 is 9.68. The lowest BCUT2D eigenvalue weighted by atomic mass is 10.0. The van der Waals surface area contributed by atoms with Gasteiger partial charge in [0.2, 0.25) is 11.8 Å². The Morgan fingerprint density at radius 2 is 1.59 bits per heavy atom. The van der Waals surface area contributed by atoms with E-state index < -0.39 is 28.5 Å². The molecule has 8 nitrogen and oxygen atoms in total. The van der Waals surface area contributed by atoms with Gasteiger partial charge in [-0.15, -0.1) is 0 Å². The molecule has 46 heavy (non-hydrogen) atoms. The van der Waals surface area contributed by atoms with E-state index in [9.17, 15) is 18.0 Å². The van der Waals surface area contributed by atoms with Gasteiger partial charge in [-0.25, -0.2) is 8.42 Å². The predicted octanol–water partition coefficient (Wildman–Crippen LogP) is 6.78. The molecule has 0 saturated heterocycles. The molecule has 1 N–H and O–H groups in total. The molecule has 4 aromatic rings. The molecule has 0 aromatic heterocycles. The summed E-state index contributed by atoms with van der Waals surface area (Å²) in [5.74, 6) is -0.445. The highest BCUT2D eigenvalue weighted by atomic mass is 79.9. The number of methoxy groups -OCH3 is 1. The van der Waals surface area contributed by atoms with E-state index in [0.717, 1.165) is 15.4 Å². The number of rotatable bonds is 13. The van der Waals surface area contributed by atoms with Crippen LogP contribution in [-0.2, 0) is 32.6 Å². The van der Waals surface area contributed by atoms with Crippen LogP contribution in [0.15, 0.2) is 106 Å². The third-order valence-electron chi connectivity index (χ3n) is 7.26. The summed E-state index contributed by atoms with van der Waals surface area (Å²) in [5.41, 5.74) is 2.77. The van der Waals surface area contributed by atoms with Gasteiger partial charge >= 0.3 is 0 Å². The highest BCUT2D eigenvalue weighted by Gasteiger charge is 2.35. The number of nitrogens with zero attached hydrogens (tertiary/aromatic N) is 2. The number of nitrogens with one attached hydrogen (secondary N) is 1. The fraction of sp³-hybridized carbons (Fsp3) is 0.257. The van der Waals surface area contributed by atoms with Gasteiger partial charge < -0.3 is 15.0 Å². The van der Waals surface area contributed by atoms with Crippen LogP contribution in [-0.4, -0.2) is 50.9 Å². The van der Waals surface area contributed by atoms with Crippen molar-refractivity contribution in [2.75, 3.05) is 18.0 Å². The Morgan fingerprint density at radius 3 is 2.20 bits per heavy atom. The lowest BCUT2D eigenvalue weighted by Crippen LogP contribution is -2.54. The number of hydrogen-bond acceptors (Lipinski definition) is 5. The highest BCUT2D eigenvalue weighted by molar-refractivity contribution is 9.10. The third-order valence-corrected chi connectivity index (χ3v) is 9.88. The zero-order valence-corrected chi connectivity index (χ0v) is 29.3. The van der Waals surface area contributed by atoms with Crippen LogP contribution in [0.25, 0.3) is 0 Å². The highest BCUT2D eigenvalue weighted by Crippen LogP contribution is 2.31. The monoisotopic (exact) mass is 725 g/mol. The van der Waals surface area contributed by atoms with Crippen LogP contribution < -0.4 is 14.4 Å². The predicted molar refractivity (Wildman–Crippen MR) is 186 cm³/mol. The molecule has 0 aliphatic heterocycles. The number of amides is 2. The number of anilines is 1. The molecule has 1 unspecified atom stereocenters. The van der Waals surface area contributed by atoms with Gasteiger partial charge in [0.1, 0.15) is 18.3 Å². The fourth-order valence-corrected chi connectivity index (χ4v) is 7.29. The van der Waals surface area contributed by atoms with Gasteiger partial charge in [-0.05, 0) is 90.3 Å². The van der Waals surface area contributed by atoms with E-state index in [4.69, 9.17) is 16.3 Å². The molecule has 1 atom stereocenters. The zero-order valence-electron chi connectivity index (χ0n) is 26.1. The largest absolute Gasteiger partial charge is 0.496 e. The van der Waals surface area contributed by atoms with Crippen LogP contribution in [0.1, 0.15) is 30.5 Å². The molecule has 0 bridgehead atoms.